The Bertz CT molecular complexity index is 387. The van der Waals surface area contributed by atoms with Crippen molar-refractivity contribution >= 4 is 23.3 Å². The molecular weight excluding hydrogens is 196 g/mol. The number of quaternary nitrogens is 1. The monoisotopic (exact) mass is 208 g/mol. The highest BCUT2D eigenvalue weighted by Crippen LogP contribution is 1.96. The molecule has 0 spiro atoms. The fraction of sp³-hybridized carbons (Fsp3) is 0.100. The minimum atomic E-state index is -1.25. The van der Waals surface area contributed by atoms with Crippen molar-refractivity contribution in [3.05, 3.63) is 30.3 Å². The molecule has 5 heteroatoms. The molecule has 0 saturated carbocycles. The largest absolute Gasteiger partial charge is 0.474 e. The molecule has 0 radical (unpaired) electrons. The molecule has 0 aromatic heterocycles. The smallest absolute Gasteiger partial charge is 0.396 e. The number of carboxylic acids is 1. The van der Waals surface area contributed by atoms with Crippen LogP contribution in [0.15, 0.2) is 30.3 Å². The lowest BCUT2D eigenvalue weighted by atomic mass is 10.2. The number of primary amides is 1. The van der Waals surface area contributed by atoms with E-state index in [4.69, 9.17) is 10.5 Å². The molecule has 0 unspecified atom stereocenters. The first kappa shape index (κ1) is 11.1. The average Bonchev–Trinajstić information content (AvgIpc) is 2.18. The molecule has 1 amide bonds. The van der Waals surface area contributed by atoms with Crippen LogP contribution < -0.4 is 10.7 Å². The molecule has 15 heavy (non-hydrogen) atoms. The summed E-state index contributed by atoms with van der Waals surface area (Å²) in [5, 5.41) is 15.0. The number of hydrogen-bond donors (Lipinski definition) is 3. The van der Waals surface area contributed by atoms with Crippen molar-refractivity contribution in [1.82, 2.24) is 0 Å². The first-order valence-electron chi connectivity index (χ1n) is 4.37. The van der Waals surface area contributed by atoms with Gasteiger partial charge >= 0.3 is 11.9 Å². The molecule has 0 fully saturated rings. The van der Waals surface area contributed by atoms with Crippen molar-refractivity contribution in [2.75, 3.05) is 0 Å². The second-order valence-corrected chi connectivity index (χ2v) is 3.03. The predicted octanol–water partition coefficient (Wildman–Crippen LogP) is -1.92. The Labute approximate surface area is 86.2 Å². The second-order valence-electron chi connectivity index (χ2n) is 3.03. The van der Waals surface area contributed by atoms with Crippen LogP contribution in [-0.2, 0) is 9.59 Å². The summed E-state index contributed by atoms with van der Waals surface area (Å²) in [4.78, 5) is 21.7. The Balaban J connectivity index is 2.51. The molecule has 5 nitrogen and oxygen atoms in total. The highest BCUT2D eigenvalue weighted by molar-refractivity contribution is 6.35. The van der Waals surface area contributed by atoms with E-state index in [9.17, 15) is 9.59 Å². The SMILES string of the molecule is [NH2+]=C(CC(=O)[NH2+]c1ccccc1)C(=O)O. The summed E-state index contributed by atoms with van der Waals surface area (Å²) in [5.41, 5.74) is 0.396. The molecule has 5 N–H and O–H groups in total. The molecule has 78 valence electrons. The summed E-state index contributed by atoms with van der Waals surface area (Å²) >= 11 is 0. The molecule has 0 bridgehead atoms. The van der Waals surface area contributed by atoms with Crippen LogP contribution in [-0.4, -0.2) is 22.7 Å². The van der Waals surface area contributed by atoms with E-state index in [1.165, 1.54) is 5.32 Å². The van der Waals surface area contributed by atoms with Crippen LogP contribution in [0.4, 0.5) is 5.69 Å². The predicted molar refractivity (Wildman–Crippen MR) is 52.2 cm³/mol. The molecule has 0 atom stereocenters. The lowest BCUT2D eigenvalue weighted by Crippen LogP contribution is -2.83. The van der Waals surface area contributed by atoms with Gasteiger partial charge in [-0.3, -0.25) is 10.7 Å². The number of rotatable bonds is 4. The van der Waals surface area contributed by atoms with Crippen LogP contribution in [0, 0.1) is 0 Å². The summed E-state index contributed by atoms with van der Waals surface area (Å²) in [7, 11) is 0. The maximum atomic E-state index is 11.3. The minimum Gasteiger partial charge on any atom is -0.474 e. The van der Waals surface area contributed by atoms with Crippen molar-refractivity contribution in [2.45, 2.75) is 6.42 Å². The van der Waals surface area contributed by atoms with Crippen molar-refractivity contribution in [3.63, 3.8) is 0 Å². The van der Waals surface area contributed by atoms with Crippen molar-refractivity contribution in [2.24, 2.45) is 0 Å². The summed E-state index contributed by atoms with van der Waals surface area (Å²) in [5.74, 6) is -1.56. The Hall–Kier alpha value is -2.01. The molecule has 0 heterocycles. The molecular formula is C10H12N2O3+2. The summed E-state index contributed by atoms with van der Waals surface area (Å²) in [6.07, 6.45) is -0.260. The first-order chi connectivity index (χ1) is 7.09. The maximum Gasteiger partial charge on any atom is 0.396 e. The zero-order valence-electron chi connectivity index (χ0n) is 8.01. The zero-order valence-corrected chi connectivity index (χ0v) is 8.01. The van der Waals surface area contributed by atoms with E-state index < -0.39 is 5.97 Å². The zero-order chi connectivity index (χ0) is 11.3. The quantitative estimate of drug-likeness (QED) is 0.397. The van der Waals surface area contributed by atoms with E-state index in [1.54, 1.807) is 24.3 Å². The molecule has 1 aromatic rings. The Morgan fingerprint density at radius 3 is 2.40 bits per heavy atom. The average molecular weight is 208 g/mol. The van der Waals surface area contributed by atoms with Gasteiger partial charge in [0.25, 0.3) is 5.71 Å². The van der Waals surface area contributed by atoms with E-state index in [2.05, 4.69) is 0 Å². The fourth-order valence-electron chi connectivity index (χ4n) is 1.05. The van der Waals surface area contributed by atoms with Gasteiger partial charge in [-0.05, 0) is 12.1 Å². The molecule has 0 saturated heterocycles. The minimum absolute atomic E-state index is 0.260. The topological polar surface area (TPSA) is 96.6 Å². The van der Waals surface area contributed by atoms with Gasteiger partial charge in [-0.2, -0.15) is 0 Å². The number of carbonyl (C=O) groups excluding carboxylic acids is 1. The van der Waals surface area contributed by atoms with Gasteiger partial charge in [-0.25, -0.2) is 9.59 Å². The van der Waals surface area contributed by atoms with E-state index in [-0.39, 0.29) is 18.0 Å². The van der Waals surface area contributed by atoms with Gasteiger partial charge in [0.05, 0.1) is 0 Å². The number of hydrogen-bond acceptors (Lipinski definition) is 2. The first-order valence-corrected chi connectivity index (χ1v) is 4.37. The fourth-order valence-corrected chi connectivity index (χ4v) is 1.05. The standard InChI is InChI=1S/C10H10N2O3/c11-8(10(14)15)6-9(13)12-7-4-2-1-3-5-7/h1-5,11H,6H2,(H,12,13)(H,14,15)/p+2. The maximum absolute atomic E-state index is 11.3. The molecule has 1 rings (SSSR count). The number of carboxylic acid groups (broad SMARTS) is 1. The van der Waals surface area contributed by atoms with E-state index in [0.29, 0.717) is 0 Å². The van der Waals surface area contributed by atoms with E-state index in [1.807, 2.05) is 6.07 Å². The van der Waals surface area contributed by atoms with Crippen LogP contribution in [0.3, 0.4) is 0 Å². The molecule has 0 aliphatic heterocycles. The van der Waals surface area contributed by atoms with Gasteiger partial charge in [-0.15, -0.1) is 0 Å². The summed E-state index contributed by atoms with van der Waals surface area (Å²) in [6.45, 7) is 0. The van der Waals surface area contributed by atoms with Crippen LogP contribution >= 0.6 is 0 Å². The highest BCUT2D eigenvalue weighted by atomic mass is 16.4. The van der Waals surface area contributed by atoms with E-state index >= 15 is 0 Å². The second kappa shape index (κ2) is 5.02. The molecule has 1 aromatic carbocycles. The van der Waals surface area contributed by atoms with Crippen molar-refractivity contribution < 1.29 is 25.4 Å². The Kier molecular flexibility index (Phi) is 3.70. The van der Waals surface area contributed by atoms with Gasteiger partial charge in [0.15, 0.2) is 6.42 Å². The van der Waals surface area contributed by atoms with Crippen molar-refractivity contribution in [1.29, 1.82) is 0 Å². The van der Waals surface area contributed by atoms with Gasteiger partial charge < -0.3 is 5.11 Å². The molecule has 0 aliphatic carbocycles. The number of aliphatic carboxylic acids is 1. The number of benzene rings is 1. The van der Waals surface area contributed by atoms with Crippen molar-refractivity contribution in [3.8, 4) is 0 Å². The Morgan fingerprint density at radius 2 is 1.87 bits per heavy atom. The lowest BCUT2D eigenvalue weighted by Gasteiger charge is -1.95. The number of para-hydroxylation sites is 1. The normalized spacial score (nSPS) is 9.60. The van der Waals surface area contributed by atoms with Crippen LogP contribution in [0.1, 0.15) is 6.42 Å². The highest BCUT2D eigenvalue weighted by Gasteiger charge is 2.20. The third-order valence-electron chi connectivity index (χ3n) is 1.77. The number of carbonyl (C=O) groups is 2. The van der Waals surface area contributed by atoms with Crippen LogP contribution in [0.5, 0.6) is 0 Å². The number of amides is 1. The molecule has 0 aliphatic rings. The van der Waals surface area contributed by atoms with Gasteiger partial charge in [0.1, 0.15) is 5.69 Å². The number of nitrogens with two attached hydrogens (primary N) is 2. The third-order valence-corrected chi connectivity index (χ3v) is 1.77. The van der Waals surface area contributed by atoms with Crippen LogP contribution in [0.25, 0.3) is 0 Å². The van der Waals surface area contributed by atoms with Gasteiger partial charge in [0.2, 0.25) is 0 Å². The lowest BCUT2D eigenvalue weighted by molar-refractivity contribution is -0.483. The third kappa shape index (κ3) is 3.70. The Morgan fingerprint density at radius 1 is 1.27 bits per heavy atom. The van der Waals surface area contributed by atoms with E-state index in [0.717, 1.165) is 5.69 Å². The van der Waals surface area contributed by atoms with Crippen LogP contribution in [0.2, 0.25) is 0 Å². The summed E-state index contributed by atoms with van der Waals surface area (Å²) < 4.78 is 0. The van der Waals surface area contributed by atoms with Gasteiger partial charge in [0, 0.05) is 0 Å². The summed E-state index contributed by atoms with van der Waals surface area (Å²) in [6, 6.07) is 8.94. The van der Waals surface area contributed by atoms with Gasteiger partial charge in [-0.1, -0.05) is 18.2 Å².